The first-order valence-electron chi connectivity index (χ1n) is 9.36. The summed E-state index contributed by atoms with van der Waals surface area (Å²) in [5.41, 5.74) is 0. The van der Waals surface area contributed by atoms with E-state index in [2.05, 4.69) is 51.9 Å². The van der Waals surface area contributed by atoms with Crippen LogP contribution in [0, 0.1) is 11.8 Å². The number of hydrogen-bond acceptors (Lipinski definition) is 3. The lowest BCUT2D eigenvalue weighted by atomic mass is 9.97. The Kier molecular flexibility index (Phi) is 11.7. The maximum Gasteiger partial charge on any atom is 0.190 e. The Hall–Kier alpha value is -0.340. The number of thiophene rings is 1. The van der Waals surface area contributed by atoms with Crippen LogP contribution < -0.4 is 10.6 Å². The molecule has 4 nitrogen and oxygen atoms in total. The molecule has 1 aromatic heterocycles. The molecule has 2 N–H and O–H groups in total. The lowest BCUT2D eigenvalue weighted by molar-refractivity contribution is 0.179. The molecule has 0 radical (unpaired) electrons. The normalized spacial score (nSPS) is 16.7. The minimum Gasteiger partial charge on any atom is -0.356 e. The van der Waals surface area contributed by atoms with Crippen molar-refractivity contribution in [1.29, 1.82) is 0 Å². The van der Waals surface area contributed by atoms with Gasteiger partial charge in [-0.3, -0.25) is 9.89 Å². The van der Waals surface area contributed by atoms with Crippen LogP contribution in [-0.2, 0) is 6.54 Å². The fraction of sp³-hybridized carbons (Fsp3) is 0.737. The Morgan fingerprint density at radius 3 is 2.68 bits per heavy atom. The van der Waals surface area contributed by atoms with Gasteiger partial charge < -0.3 is 10.6 Å². The number of rotatable bonds is 8. The van der Waals surface area contributed by atoms with Gasteiger partial charge in [0.1, 0.15) is 0 Å². The van der Waals surface area contributed by atoms with E-state index in [0.717, 1.165) is 37.4 Å². The summed E-state index contributed by atoms with van der Waals surface area (Å²) in [5, 5.41) is 9.12. The van der Waals surface area contributed by atoms with E-state index >= 15 is 0 Å². The molecule has 0 aliphatic carbocycles. The lowest BCUT2D eigenvalue weighted by Crippen LogP contribution is -2.43. The molecule has 0 unspecified atom stereocenters. The molecule has 0 saturated carbocycles. The van der Waals surface area contributed by atoms with Crippen molar-refractivity contribution < 1.29 is 0 Å². The molecule has 1 aliphatic rings. The molecule has 6 heteroatoms. The van der Waals surface area contributed by atoms with Crippen LogP contribution in [0.2, 0.25) is 0 Å². The molecule has 1 fully saturated rings. The minimum absolute atomic E-state index is 0. The molecular formula is C19H35IN4S. The van der Waals surface area contributed by atoms with Crippen LogP contribution >= 0.6 is 35.3 Å². The Morgan fingerprint density at radius 1 is 1.32 bits per heavy atom. The number of guanidine groups is 1. The largest absolute Gasteiger partial charge is 0.356 e. The van der Waals surface area contributed by atoms with Crippen LogP contribution in [0.15, 0.2) is 22.5 Å². The molecule has 2 heterocycles. The zero-order valence-corrected chi connectivity index (χ0v) is 19.1. The summed E-state index contributed by atoms with van der Waals surface area (Å²) < 4.78 is 0. The van der Waals surface area contributed by atoms with Crippen LogP contribution in [0.4, 0.5) is 0 Å². The average molecular weight is 478 g/mol. The van der Waals surface area contributed by atoms with Gasteiger partial charge in [0.05, 0.1) is 0 Å². The van der Waals surface area contributed by atoms with Crippen molar-refractivity contribution in [3.05, 3.63) is 22.4 Å². The number of nitrogens with zero attached hydrogens (tertiary/aromatic N) is 2. The number of likely N-dealkylation sites (tertiary alicyclic amines) is 1. The van der Waals surface area contributed by atoms with Gasteiger partial charge in [-0.05, 0) is 62.1 Å². The Bertz CT molecular complexity index is 468. The van der Waals surface area contributed by atoms with Crippen molar-refractivity contribution in [3.63, 3.8) is 0 Å². The Labute approximate surface area is 174 Å². The molecule has 144 valence electrons. The first kappa shape index (κ1) is 22.7. The third-order valence-corrected chi connectivity index (χ3v) is 5.56. The summed E-state index contributed by atoms with van der Waals surface area (Å²) in [6.07, 6.45) is 5.04. The topological polar surface area (TPSA) is 39.7 Å². The molecule has 25 heavy (non-hydrogen) atoms. The first-order valence-corrected chi connectivity index (χ1v) is 10.2. The highest BCUT2D eigenvalue weighted by Crippen LogP contribution is 2.20. The monoisotopic (exact) mass is 478 g/mol. The zero-order chi connectivity index (χ0) is 17.2. The van der Waals surface area contributed by atoms with Crippen molar-refractivity contribution in [2.24, 2.45) is 16.8 Å². The van der Waals surface area contributed by atoms with E-state index in [1.165, 1.54) is 43.6 Å². The minimum atomic E-state index is 0. The summed E-state index contributed by atoms with van der Waals surface area (Å²) in [6.45, 7) is 10.1. The number of piperidine rings is 1. The van der Waals surface area contributed by atoms with E-state index in [1.807, 2.05) is 18.4 Å². The SMILES string of the molecule is CN=C(NCCCC(C)C)NCC1CCN(Cc2cccs2)CC1.I. The van der Waals surface area contributed by atoms with Crippen LogP contribution in [0.3, 0.4) is 0 Å². The van der Waals surface area contributed by atoms with Gasteiger partial charge in [0, 0.05) is 31.6 Å². The maximum absolute atomic E-state index is 4.34. The predicted molar refractivity (Wildman–Crippen MR) is 121 cm³/mol. The molecule has 0 spiro atoms. The smallest absolute Gasteiger partial charge is 0.190 e. The van der Waals surface area contributed by atoms with Crippen LogP contribution in [0.5, 0.6) is 0 Å². The summed E-state index contributed by atoms with van der Waals surface area (Å²) in [7, 11) is 1.86. The number of hydrogen-bond donors (Lipinski definition) is 2. The number of halogens is 1. The van der Waals surface area contributed by atoms with Gasteiger partial charge in [0.15, 0.2) is 5.96 Å². The molecule has 0 amide bonds. The summed E-state index contributed by atoms with van der Waals surface area (Å²) in [5.74, 6) is 2.50. The molecule has 0 atom stereocenters. The van der Waals surface area contributed by atoms with Gasteiger partial charge in [-0.15, -0.1) is 35.3 Å². The molecule has 0 bridgehead atoms. The Balaban J connectivity index is 0.00000312. The molecule has 0 aromatic carbocycles. The van der Waals surface area contributed by atoms with Gasteiger partial charge >= 0.3 is 0 Å². The maximum atomic E-state index is 4.34. The summed E-state index contributed by atoms with van der Waals surface area (Å²) in [6, 6.07) is 4.39. The van der Waals surface area contributed by atoms with E-state index < -0.39 is 0 Å². The summed E-state index contributed by atoms with van der Waals surface area (Å²) in [4.78, 5) is 8.41. The highest BCUT2D eigenvalue weighted by Gasteiger charge is 2.19. The highest BCUT2D eigenvalue weighted by molar-refractivity contribution is 14.0. The second-order valence-electron chi connectivity index (χ2n) is 7.21. The van der Waals surface area contributed by atoms with Gasteiger partial charge in [-0.1, -0.05) is 19.9 Å². The molecule has 1 aliphatic heterocycles. The van der Waals surface area contributed by atoms with E-state index in [9.17, 15) is 0 Å². The first-order chi connectivity index (χ1) is 11.7. The standard InChI is InChI=1S/C19H34N4S.HI/c1-16(2)6-4-10-21-19(20-3)22-14-17-8-11-23(12-9-17)15-18-7-5-13-24-18;/h5,7,13,16-17H,4,6,8-12,14-15H2,1-3H3,(H2,20,21,22);1H. The number of aliphatic imine (C=N–C) groups is 1. The van der Waals surface area contributed by atoms with Gasteiger partial charge in [-0.2, -0.15) is 0 Å². The van der Waals surface area contributed by atoms with Gasteiger partial charge in [-0.25, -0.2) is 0 Å². The van der Waals surface area contributed by atoms with E-state index in [1.54, 1.807) is 0 Å². The van der Waals surface area contributed by atoms with Crippen LogP contribution in [0.25, 0.3) is 0 Å². The second-order valence-corrected chi connectivity index (χ2v) is 8.25. The van der Waals surface area contributed by atoms with E-state index in [0.29, 0.717) is 0 Å². The lowest BCUT2D eigenvalue weighted by Gasteiger charge is -2.32. The second kappa shape index (κ2) is 12.9. The van der Waals surface area contributed by atoms with Crippen LogP contribution in [-0.4, -0.2) is 44.1 Å². The molecule has 1 aromatic rings. The Morgan fingerprint density at radius 2 is 2.08 bits per heavy atom. The third kappa shape index (κ3) is 9.24. The molecule has 2 rings (SSSR count). The number of nitrogens with one attached hydrogen (secondary N) is 2. The van der Waals surface area contributed by atoms with E-state index in [4.69, 9.17) is 0 Å². The highest BCUT2D eigenvalue weighted by atomic mass is 127. The zero-order valence-electron chi connectivity index (χ0n) is 16.0. The van der Waals surface area contributed by atoms with Crippen LogP contribution in [0.1, 0.15) is 44.4 Å². The van der Waals surface area contributed by atoms with Gasteiger partial charge in [0.2, 0.25) is 0 Å². The van der Waals surface area contributed by atoms with E-state index in [-0.39, 0.29) is 24.0 Å². The van der Waals surface area contributed by atoms with Crippen molar-refractivity contribution >= 4 is 41.3 Å². The average Bonchev–Trinajstić information content (AvgIpc) is 3.08. The summed E-state index contributed by atoms with van der Waals surface area (Å²) >= 11 is 1.87. The van der Waals surface area contributed by atoms with Gasteiger partial charge in [0.25, 0.3) is 0 Å². The fourth-order valence-corrected chi connectivity index (χ4v) is 3.90. The molecule has 1 saturated heterocycles. The predicted octanol–water partition coefficient (Wildman–Crippen LogP) is 4.18. The third-order valence-electron chi connectivity index (χ3n) is 4.70. The quantitative estimate of drug-likeness (QED) is 0.255. The van der Waals surface area contributed by atoms with Crippen molar-refractivity contribution in [3.8, 4) is 0 Å². The van der Waals surface area contributed by atoms with Crippen molar-refractivity contribution in [1.82, 2.24) is 15.5 Å². The van der Waals surface area contributed by atoms with Crippen molar-refractivity contribution in [2.45, 2.75) is 46.1 Å². The molecular weight excluding hydrogens is 443 g/mol. The van der Waals surface area contributed by atoms with Crippen molar-refractivity contribution in [2.75, 3.05) is 33.2 Å². The fourth-order valence-electron chi connectivity index (χ4n) is 3.15.